The molecule has 0 saturated heterocycles. The third-order valence-corrected chi connectivity index (χ3v) is 5.56. The smallest absolute Gasteiger partial charge is 0.266 e. The zero-order chi connectivity index (χ0) is 20.7. The fourth-order valence-electron chi connectivity index (χ4n) is 3.31. The van der Waals surface area contributed by atoms with Crippen LogP contribution in [0.25, 0.3) is 0 Å². The van der Waals surface area contributed by atoms with Crippen LogP contribution in [0, 0.1) is 13.8 Å². The molecule has 3 aromatic carbocycles. The summed E-state index contributed by atoms with van der Waals surface area (Å²) in [5.74, 6) is -1.11. The standard InChI is InChI=1S/C23H17BrN2O3/c1-13-5-3-8-20(14(13)2)25-21(27)15-6-4-7-17(11-15)26-22(28)18-10-9-16(24)12-19(18)23(26)29/h3-12H,1-2H3,(H,25,27). The molecule has 0 atom stereocenters. The zero-order valence-electron chi connectivity index (χ0n) is 15.8. The molecule has 0 fully saturated rings. The summed E-state index contributed by atoms with van der Waals surface area (Å²) in [5, 5.41) is 2.90. The van der Waals surface area contributed by atoms with Crippen molar-refractivity contribution >= 4 is 45.0 Å². The van der Waals surface area contributed by atoms with E-state index in [4.69, 9.17) is 0 Å². The summed E-state index contributed by atoms with van der Waals surface area (Å²) in [6.07, 6.45) is 0. The van der Waals surface area contributed by atoms with Crippen molar-refractivity contribution in [3.8, 4) is 0 Å². The Bertz CT molecular complexity index is 1190. The average molecular weight is 449 g/mol. The molecule has 6 heteroatoms. The van der Waals surface area contributed by atoms with E-state index in [0.717, 1.165) is 26.2 Å². The Morgan fingerprint density at radius 1 is 0.897 bits per heavy atom. The van der Waals surface area contributed by atoms with Crippen LogP contribution in [0.5, 0.6) is 0 Å². The topological polar surface area (TPSA) is 66.5 Å². The lowest BCUT2D eigenvalue weighted by molar-refractivity contribution is 0.0924. The van der Waals surface area contributed by atoms with Gasteiger partial charge in [0.1, 0.15) is 0 Å². The number of hydrogen-bond acceptors (Lipinski definition) is 3. The monoisotopic (exact) mass is 448 g/mol. The average Bonchev–Trinajstić information content (AvgIpc) is 2.95. The number of anilines is 2. The van der Waals surface area contributed by atoms with Crippen LogP contribution in [0.4, 0.5) is 11.4 Å². The lowest BCUT2D eigenvalue weighted by atomic mass is 10.1. The van der Waals surface area contributed by atoms with E-state index in [1.165, 1.54) is 0 Å². The van der Waals surface area contributed by atoms with Crippen molar-refractivity contribution in [1.29, 1.82) is 0 Å². The summed E-state index contributed by atoms with van der Waals surface area (Å²) < 4.78 is 0.723. The molecule has 1 N–H and O–H groups in total. The summed E-state index contributed by atoms with van der Waals surface area (Å²) in [4.78, 5) is 39.4. The first-order valence-electron chi connectivity index (χ1n) is 9.03. The highest BCUT2D eigenvalue weighted by atomic mass is 79.9. The summed E-state index contributed by atoms with van der Waals surface area (Å²) in [5.41, 5.74) is 4.21. The number of hydrogen-bond donors (Lipinski definition) is 1. The van der Waals surface area contributed by atoms with Crippen LogP contribution in [0.3, 0.4) is 0 Å². The Kier molecular flexibility index (Phi) is 4.80. The molecule has 0 saturated carbocycles. The molecule has 29 heavy (non-hydrogen) atoms. The Morgan fingerprint density at radius 3 is 2.41 bits per heavy atom. The molecule has 1 aliphatic rings. The van der Waals surface area contributed by atoms with Gasteiger partial charge < -0.3 is 5.32 Å². The SMILES string of the molecule is Cc1cccc(NC(=O)c2cccc(N3C(=O)c4ccc(Br)cc4C3=O)c2)c1C. The minimum Gasteiger partial charge on any atom is -0.322 e. The number of amides is 3. The highest BCUT2D eigenvalue weighted by Gasteiger charge is 2.36. The highest BCUT2D eigenvalue weighted by Crippen LogP contribution is 2.31. The number of aryl methyl sites for hydroxylation is 1. The maximum atomic E-state index is 12.8. The van der Waals surface area contributed by atoms with Crippen LogP contribution in [0.1, 0.15) is 42.2 Å². The molecule has 0 bridgehead atoms. The van der Waals surface area contributed by atoms with Crippen molar-refractivity contribution in [2.24, 2.45) is 0 Å². The van der Waals surface area contributed by atoms with Crippen molar-refractivity contribution in [2.75, 3.05) is 10.2 Å². The fourth-order valence-corrected chi connectivity index (χ4v) is 3.68. The van der Waals surface area contributed by atoms with Gasteiger partial charge in [-0.2, -0.15) is 0 Å². The molecule has 4 rings (SSSR count). The first kappa shape index (κ1) is 19.1. The Balaban J connectivity index is 1.64. The number of fused-ring (bicyclic) bond motifs is 1. The largest absolute Gasteiger partial charge is 0.322 e. The van der Waals surface area contributed by atoms with Crippen LogP contribution < -0.4 is 10.2 Å². The molecular weight excluding hydrogens is 432 g/mol. The molecule has 1 aliphatic heterocycles. The molecule has 3 aromatic rings. The van der Waals surface area contributed by atoms with Gasteiger partial charge in [0.15, 0.2) is 0 Å². The van der Waals surface area contributed by atoms with Crippen molar-refractivity contribution < 1.29 is 14.4 Å². The number of carbonyl (C=O) groups is 3. The van der Waals surface area contributed by atoms with Gasteiger partial charge in [0.2, 0.25) is 0 Å². The quantitative estimate of drug-likeness (QED) is 0.565. The van der Waals surface area contributed by atoms with Crippen LogP contribution in [0.15, 0.2) is 65.1 Å². The fraction of sp³-hybridized carbons (Fsp3) is 0.0870. The van der Waals surface area contributed by atoms with Gasteiger partial charge in [0.25, 0.3) is 17.7 Å². The van der Waals surface area contributed by atoms with Crippen molar-refractivity contribution in [3.05, 3.63) is 93.0 Å². The minimum absolute atomic E-state index is 0.306. The first-order valence-corrected chi connectivity index (χ1v) is 9.82. The van der Waals surface area contributed by atoms with Gasteiger partial charge in [-0.25, -0.2) is 4.90 Å². The Labute approximate surface area is 176 Å². The van der Waals surface area contributed by atoms with E-state index in [2.05, 4.69) is 21.2 Å². The number of carbonyl (C=O) groups excluding carboxylic acids is 3. The van der Waals surface area contributed by atoms with E-state index >= 15 is 0 Å². The van der Waals surface area contributed by atoms with E-state index in [1.54, 1.807) is 42.5 Å². The van der Waals surface area contributed by atoms with Crippen LogP contribution >= 0.6 is 15.9 Å². The van der Waals surface area contributed by atoms with Gasteiger partial charge in [-0.15, -0.1) is 0 Å². The van der Waals surface area contributed by atoms with E-state index in [0.29, 0.717) is 22.4 Å². The normalized spacial score (nSPS) is 12.9. The summed E-state index contributed by atoms with van der Waals surface area (Å²) in [7, 11) is 0. The molecule has 1 heterocycles. The van der Waals surface area contributed by atoms with E-state index in [-0.39, 0.29) is 5.91 Å². The van der Waals surface area contributed by atoms with Crippen LogP contribution in [0.2, 0.25) is 0 Å². The molecule has 0 radical (unpaired) electrons. The summed E-state index contributed by atoms with van der Waals surface area (Å²) in [6, 6.07) is 17.2. The van der Waals surface area contributed by atoms with Crippen LogP contribution in [-0.2, 0) is 0 Å². The first-order chi connectivity index (χ1) is 13.9. The highest BCUT2D eigenvalue weighted by molar-refractivity contribution is 9.10. The lowest BCUT2D eigenvalue weighted by Gasteiger charge is -2.15. The molecule has 5 nitrogen and oxygen atoms in total. The molecule has 3 amide bonds. The number of imide groups is 1. The van der Waals surface area contributed by atoms with Gasteiger partial charge >= 0.3 is 0 Å². The minimum atomic E-state index is -0.404. The number of halogens is 1. The molecule has 144 valence electrons. The van der Waals surface area contributed by atoms with E-state index < -0.39 is 11.8 Å². The zero-order valence-corrected chi connectivity index (χ0v) is 17.4. The van der Waals surface area contributed by atoms with Gasteiger partial charge in [-0.1, -0.05) is 34.1 Å². The second-order valence-corrected chi connectivity index (χ2v) is 7.80. The van der Waals surface area contributed by atoms with Crippen molar-refractivity contribution in [2.45, 2.75) is 13.8 Å². The number of nitrogens with one attached hydrogen (secondary N) is 1. The second kappa shape index (κ2) is 7.29. The van der Waals surface area contributed by atoms with Gasteiger partial charge in [0.05, 0.1) is 16.8 Å². The van der Waals surface area contributed by atoms with Gasteiger partial charge in [-0.3, -0.25) is 14.4 Å². The maximum Gasteiger partial charge on any atom is 0.266 e. The van der Waals surface area contributed by atoms with Gasteiger partial charge in [-0.05, 0) is 67.4 Å². The molecular formula is C23H17BrN2O3. The van der Waals surface area contributed by atoms with Crippen molar-refractivity contribution in [3.63, 3.8) is 0 Å². The molecule has 0 aromatic heterocycles. The summed E-state index contributed by atoms with van der Waals surface area (Å²) >= 11 is 3.33. The molecule has 0 spiro atoms. The van der Waals surface area contributed by atoms with E-state index in [1.807, 2.05) is 32.0 Å². The van der Waals surface area contributed by atoms with Crippen molar-refractivity contribution in [1.82, 2.24) is 0 Å². The third kappa shape index (κ3) is 3.36. The Morgan fingerprint density at radius 2 is 1.62 bits per heavy atom. The second-order valence-electron chi connectivity index (χ2n) is 6.89. The number of rotatable bonds is 3. The number of nitrogens with zero attached hydrogens (tertiary/aromatic N) is 1. The predicted octanol–water partition coefficient (Wildman–Crippen LogP) is 5.12. The number of benzene rings is 3. The van der Waals surface area contributed by atoms with Crippen LogP contribution in [-0.4, -0.2) is 17.7 Å². The molecule has 0 aliphatic carbocycles. The van der Waals surface area contributed by atoms with Gasteiger partial charge in [0, 0.05) is 15.7 Å². The lowest BCUT2D eigenvalue weighted by Crippen LogP contribution is -2.29. The third-order valence-electron chi connectivity index (χ3n) is 5.07. The maximum absolute atomic E-state index is 12.8. The predicted molar refractivity (Wildman–Crippen MR) is 116 cm³/mol. The van der Waals surface area contributed by atoms with E-state index in [9.17, 15) is 14.4 Å². The molecule has 0 unspecified atom stereocenters. The Hall–Kier alpha value is -3.25. The summed E-state index contributed by atoms with van der Waals surface area (Å²) in [6.45, 7) is 3.92.